The molecule has 0 saturated carbocycles. The van der Waals surface area contributed by atoms with E-state index in [-0.39, 0.29) is 17.5 Å². The van der Waals surface area contributed by atoms with Crippen molar-refractivity contribution >= 4 is 34.5 Å². The molecule has 7 nitrogen and oxygen atoms in total. The largest absolute Gasteiger partial charge is 0.478 e. The van der Waals surface area contributed by atoms with Gasteiger partial charge in [0, 0.05) is 16.7 Å². The summed E-state index contributed by atoms with van der Waals surface area (Å²) in [4.78, 5) is 28.4. The third-order valence-electron chi connectivity index (χ3n) is 3.83. The number of hydrogen-bond donors (Lipinski definition) is 2. The van der Waals surface area contributed by atoms with Crippen LogP contribution in [0.2, 0.25) is 0 Å². The number of aryl methyl sites for hydroxylation is 1. The average Bonchev–Trinajstić information content (AvgIpc) is 2.61. The highest BCUT2D eigenvalue weighted by atomic mass is 16.4. The van der Waals surface area contributed by atoms with E-state index in [9.17, 15) is 9.90 Å². The normalized spacial score (nSPS) is 12.4. The standard InChI is InChI=1S/C19H17N5O2/c1-11(13-7-3-4-9-15(13)17(25)26)21-18(20)24-19-22-12(2)14-8-5-6-10-16(14)23-19/h3-10H,1-2H3,(H,25,26)(H2,20,22,23,24)/b21-11-. The fraction of sp³-hybridized carbons (Fsp3) is 0.105. The number of aromatic nitrogens is 2. The van der Waals surface area contributed by atoms with E-state index >= 15 is 0 Å². The molecule has 3 aromatic rings. The molecule has 0 radical (unpaired) electrons. The SMILES string of the molecule is C/C(=N/C(N)=N/c1nc(C)c2ccccc2n1)c1ccccc1C(=O)O. The second-order valence-corrected chi connectivity index (χ2v) is 5.64. The van der Waals surface area contributed by atoms with E-state index in [4.69, 9.17) is 5.73 Å². The van der Waals surface area contributed by atoms with Crippen LogP contribution in [0, 0.1) is 6.92 Å². The number of aliphatic imine (C=N–C) groups is 2. The first kappa shape index (κ1) is 17.2. The van der Waals surface area contributed by atoms with Crippen LogP contribution < -0.4 is 5.73 Å². The minimum absolute atomic E-state index is 0.0441. The van der Waals surface area contributed by atoms with Crippen LogP contribution >= 0.6 is 0 Å². The van der Waals surface area contributed by atoms with E-state index < -0.39 is 5.97 Å². The number of nitrogens with two attached hydrogens (primary N) is 1. The van der Waals surface area contributed by atoms with Crippen LogP contribution in [0.4, 0.5) is 5.95 Å². The van der Waals surface area contributed by atoms with Gasteiger partial charge < -0.3 is 10.8 Å². The van der Waals surface area contributed by atoms with Gasteiger partial charge in [-0.05, 0) is 26.0 Å². The van der Waals surface area contributed by atoms with Crippen molar-refractivity contribution in [2.45, 2.75) is 13.8 Å². The maximum Gasteiger partial charge on any atom is 0.336 e. The van der Waals surface area contributed by atoms with Crippen molar-refractivity contribution in [2.75, 3.05) is 0 Å². The van der Waals surface area contributed by atoms with Crippen molar-refractivity contribution in [2.24, 2.45) is 15.7 Å². The summed E-state index contributed by atoms with van der Waals surface area (Å²) in [6, 6.07) is 14.2. The third-order valence-corrected chi connectivity index (χ3v) is 3.83. The quantitative estimate of drug-likeness (QED) is 0.558. The molecule has 26 heavy (non-hydrogen) atoms. The van der Waals surface area contributed by atoms with Gasteiger partial charge in [-0.1, -0.05) is 36.4 Å². The molecule has 0 spiro atoms. The maximum atomic E-state index is 11.3. The lowest BCUT2D eigenvalue weighted by molar-refractivity contribution is 0.0696. The second kappa shape index (κ2) is 7.10. The zero-order chi connectivity index (χ0) is 18.7. The molecule has 2 aromatic carbocycles. The number of rotatable bonds is 3. The molecule has 0 amide bonds. The Morgan fingerprint density at radius 3 is 2.42 bits per heavy atom. The first-order valence-corrected chi connectivity index (χ1v) is 7.91. The minimum Gasteiger partial charge on any atom is -0.478 e. The molecule has 0 bridgehead atoms. The zero-order valence-electron chi connectivity index (χ0n) is 14.3. The van der Waals surface area contributed by atoms with Gasteiger partial charge in [0.15, 0.2) is 0 Å². The number of hydrogen-bond acceptors (Lipinski definition) is 4. The Bertz CT molecular complexity index is 1060. The molecule has 1 aromatic heterocycles. The number of carboxylic acids is 1. The maximum absolute atomic E-state index is 11.3. The molecule has 1 heterocycles. The lowest BCUT2D eigenvalue weighted by Gasteiger charge is -2.05. The van der Waals surface area contributed by atoms with Crippen molar-refractivity contribution in [1.82, 2.24) is 9.97 Å². The second-order valence-electron chi connectivity index (χ2n) is 5.64. The molecule has 3 N–H and O–H groups in total. The van der Waals surface area contributed by atoms with E-state index in [1.165, 1.54) is 6.07 Å². The van der Waals surface area contributed by atoms with Gasteiger partial charge in [0.2, 0.25) is 5.96 Å². The number of carbonyl (C=O) groups is 1. The van der Waals surface area contributed by atoms with E-state index in [0.29, 0.717) is 11.3 Å². The highest BCUT2D eigenvalue weighted by molar-refractivity contribution is 6.11. The molecule has 0 unspecified atom stereocenters. The summed E-state index contributed by atoms with van der Waals surface area (Å²) in [5.74, 6) is -0.863. The van der Waals surface area contributed by atoms with Crippen molar-refractivity contribution in [1.29, 1.82) is 0 Å². The van der Waals surface area contributed by atoms with Crippen LogP contribution in [-0.4, -0.2) is 32.7 Å². The van der Waals surface area contributed by atoms with Gasteiger partial charge in [-0.2, -0.15) is 4.99 Å². The number of carboxylic acid groups (broad SMARTS) is 1. The predicted molar refractivity (Wildman–Crippen MR) is 101 cm³/mol. The molecule has 7 heteroatoms. The van der Waals surface area contributed by atoms with Gasteiger partial charge in [-0.3, -0.25) is 0 Å². The van der Waals surface area contributed by atoms with Crippen LogP contribution in [0.15, 0.2) is 58.5 Å². The van der Waals surface area contributed by atoms with Gasteiger partial charge in [-0.15, -0.1) is 0 Å². The Balaban J connectivity index is 1.98. The predicted octanol–water partition coefficient (Wildman–Crippen LogP) is 3.09. The van der Waals surface area contributed by atoms with Crippen LogP contribution in [0.25, 0.3) is 10.9 Å². The number of nitrogens with zero attached hydrogens (tertiary/aromatic N) is 4. The van der Waals surface area contributed by atoms with Gasteiger partial charge in [0.1, 0.15) is 0 Å². The summed E-state index contributed by atoms with van der Waals surface area (Å²) in [6.07, 6.45) is 0. The van der Waals surface area contributed by atoms with E-state index in [2.05, 4.69) is 20.0 Å². The van der Waals surface area contributed by atoms with Gasteiger partial charge in [0.25, 0.3) is 5.95 Å². The first-order chi connectivity index (χ1) is 12.5. The lowest BCUT2D eigenvalue weighted by Crippen LogP contribution is -2.13. The summed E-state index contributed by atoms with van der Waals surface area (Å²) in [6.45, 7) is 3.55. The molecule has 3 rings (SSSR count). The summed E-state index contributed by atoms with van der Waals surface area (Å²) >= 11 is 0. The summed E-state index contributed by atoms with van der Waals surface area (Å²) in [5.41, 5.74) is 8.54. The zero-order valence-corrected chi connectivity index (χ0v) is 14.3. The van der Waals surface area contributed by atoms with Crippen molar-refractivity contribution in [3.05, 3.63) is 65.4 Å². The molecule has 0 aliphatic carbocycles. The van der Waals surface area contributed by atoms with E-state index in [0.717, 1.165) is 16.6 Å². The topological polar surface area (TPSA) is 114 Å². The minimum atomic E-state index is -1.03. The first-order valence-electron chi connectivity index (χ1n) is 7.91. The molecular formula is C19H17N5O2. The molecule has 0 saturated heterocycles. The van der Waals surface area contributed by atoms with Crippen molar-refractivity contribution in [3.63, 3.8) is 0 Å². The molecule has 0 aliphatic rings. The Morgan fingerprint density at radius 1 is 1.04 bits per heavy atom. The lowest BCUT2D eigenvalue weighted by atomic mass is 10.0. The molecule has 0 fully saturated rings. The third kappa shape index (κ3) is 3.56. The highest BCUT2D eigenvalue weighted by Crippen LogP contribution is 2.18. The van der Waals surface area contributed by atoms with Crippen molar-refractivity contribution in [3.8, 4) is 0 Å². The number of guanidine groups is 1. The molecular weight excluding hydrogens is 330 g/mol. The molecule has 0 atom stereocenters. The highest BCUT2D eigenvalue weighted by Gasteiger charge is 2.11. The van der Waals surface area contributed by atoms with Crippen LogP contribution in [-0.2, 0) is 0 Å². The number of fused-ring (bicyclic) bond motifs is 1. The Hall–Kier alpha value is -3.61. The van der Waals surface area contributed by atoms with E-state index in [1.807, 2.05) is 31.2 Å². The van der Waals surface area contributed by atoms with Crippen molar-refractivity contribution < 1.29 is 9.90 Å². The van der Waals surface area contributed by atoms with Crippen LogP contribution in [0.3, 0.4) is 0 Å². The average molecular weight is 347 g/mol. The number of para-hydroxylation sites is 1. The summed E-state index contributed by atoms with van der Waals surface area (Å²) in [7, 11) is 0. The molecule has 130 valence electrons. The fourth-order valence-electron chi connectivity index (χ4n) is 2.61. The Morgan fingerprint density at radius 2 is 1.69 bits per heavy atom. The molecule has 0 aliphatic heterocycles. The summed E-state index contributed by atoms with van der Waals surface area (Å²) in [5, 5.41) is 10.2. The monoisotopic (exact) mass is 347 g/mol. The Labute approximate surface area is 150 Å². The fourth-order valence-corrected chi connectivity index (χ4v) is 2.61. The van der Waals surface area contributed by atoms with Gasteiger partial charge >= 0.3 is 5.97 Å². The summed E-state index contributed by atoms with van der Waals surface area (Å²) < 4.78 is 0. The van der Waals surface area contributed by atoms with Gasteiger partial charge in [0.05, 0.1) is 16.8 Å². The smallest absolute Gasteiger partial charge is 0.336 e. The number of benzene rings is 2. The van der Waals surface area contributed by atoms with Gasteiger partial charge in [-0.25, -0.2) is 19.8 Å². The van der Waals surface area contributed by atoms with Crippen LogP contribution in [0.1, 0.15) is 28.5 Å². The van der Waals surface area contributed by atoms with Crippen LogP contribution in [0.5, 0.6) is 0 Å². The van der Waals surface area contributed by atoms with E-state index in [1.54, 1.807) is 25.1 Å². The Kier molecular flexibility index (Phi) is 4.70. The number of aromatic carboxylic acids is 1.